The van der Waals surface area contributed by atoms with E-state index >= 15 is 0 Å². The lowest BCUT2D eigenvalue weighted by molar-refractivity contribution is -0.141. The minimum atomic E-state index is -3.78. The molecule has 0 bridgehead atoms. The molecule has 3 rings (SSSR count). The second kappa shape index (κ2) is 15.3. The molecule has 0 saturated heterocycles. The summed E-state index contributed by atoms with van der Waals surface area (Å²) in [5.41, 5.74) is 1.88. The summed E-state index contributed by atoms with van der Waals surface area (Å²) in [4.78, 5) is 28.9. The average molecular weight is 570 g/mol. The number of ether oxygens (including phenoxy) is 1. The van der Waals surface area contributed by atoms with Gasteiger partial charge >= 0.3 is 0 Å². The molecule has 0 unspecified atom stereocenters. The summed E-state index contributed by atoms with van der Waals surface area (Å²) in [7, 11) is -3.78. The van der Waals surface area contributed by atoms with Crippen molar-refractivity contribution in [1.29, 1.82) is 0 Å². The number of carbonyl (C=O) groups is 2. The summed E-state index contributed by atoms with van der Waals surface area (Å²) in [6.45, 7) is 2.76. The summed E-state index contributed by atoms with van der Waals surface area (Å²) in [5.74, 6) is -1.41. The molecule has 0 aliphatic carbocycles. The predicted molar refractivity (Wildman–Crippen MR) is 152 cm³/mol. The highest BCUT2D eigenvalue weighted by Gasteiger charge is 2.33. The summed E-state index contributed by atoms with van der Waals surface area (Å²) in [6.07, 6.45) is 1.64. The number of benzene rings is 3. The van der Waals surface area contributed by atoms with Crippen LogP contribution >= 0.6 is 0 Å². The molecule has 8 nitrogen and oxygen atoms in total. The van der Waals surface area contributed by atoms with Crippen LogP contribution in [0.3, 0.4) is 0 Å². The number of nitrogens with zero attached hydrogens (tertiary/aromatic N) is 2. The lowest BCUT2D eigenvalue weighted by atomic mass is 10.0. The van der Waals surface area contributed by atoms with E-state index in [9.17, 15) is 22.4 Å². The number of sulfonamides is 1. The van der Waals surface area contributed by atoms with Crippen LogP contribution in [0.1, 0.15) is 36.1 Å². The van der Waals surface area contributed by atoms with E-state index < -0.39 is 40.2 Å². The fourth-order valence-corrected chi connectivity index (χ4v) is 4.89. The van der Waals surface area contributed by atoms with E-state index in [-0.39, 0.29) is 13.1 Å². The molecule has 0 radical (unpaired) electrons. The third kappa shape index (κ3) is 9.55. The van der Waals surface area contributed by atoms with Crippen LogP contribution in [0.15, 0.2) is 84.9 Å². The Bertz CT molecular complexity index is 1320. The molecule has 0 heterocycles. The van der Waals surface area contributed by atoms with Gasteiger partial charge in [0.15, 0.2) is 0 Å². The van der Waals surface area contributed by atoms with Crippen LogP contribution in [-0.2, 0) is 37.4 Å². The Labute approximate surface area is 235 Å². The zero-order chi connectivity index (χ0) is 29.0. The molecule has 40 heavy (non-hydrogen) atoms. The van der Waals surface area contributed by atoms with Crippen LogP contribution in [0.5, 0.6) is 0 Å². The monoisotopic (exact) mass is 569 g/mol. The van der Waals surface area contributed by atoms with Crippen molar-refractivity contribution in [3.05, 3.63) is 107 Å². The second-order valence-corrected chi connectivity index (χ2v) is 11.3. The molecule has 1 atom stereocenters. The Kier molecular flexibility index (Phi) is 11.8. The van der Waals surface area contributed by atoms with Gasteiger partial charge in [0, 0.05) is 32.8 Å². The standard InChI is InChI=1S/C30H36FN3O5S/c1-3-39-20-10-19-32-30(36)29(26-13-8-5-9-14-26)34(22-25-15-17-27(31)18-16-25)28(35)23-33(40(2,37)38)21-24-11-6-4-7-12-24/h4-9,11-18,29H,3,10,19-23H2,1-2H3,(H,32,36)/t29-/m1/s1. The number of hydrogen-bond acceptors (Lipinski definition) is 5. The van der Waals surface area contributed by atoms with Crippen LogP contribution in [0.25, 0.3) is 0 Å². The number of nitrogens with one attached hydrogen (secondary N) is 1. The second-order valence-electron chi connectivity index (χ2n) is 9.32. The van der Waals surface area contributed by atoms with Gasteiger partial charge in [0.1, 0.15) is 11.9 Å². The SMILES string of the molecule is CCOCCCNC(=O)[C@@H](c1ccccc1)N(Cc1ccc(F)cc1)C(=O)CN(Cc1ccccc1)S(C)(=O)=O. The molecule has 0 aliphatic heterocycles. The first-order valence-electron chi connectivity index (χ1n) is 13.1. The van der Waals surface area contributed by atoms with Crippen LogP contribution in [0.2, 0.25) is 0 Å². The van der Waals surface area contributed by atoms with Crippen molar-refractivity contribution in [1.82, 2.24) is 14.5 Å². The molecule has 10 heteroatoms. The molecule has 0 saturated carbocycles. The van der Waals surface area contributed by atoms with E-state index in [0.29, 0.717) is 37.3 Å². The molecular formula is C30H36FN3O5S. The Morgan fingerprint density at radius 1 is 0.900 bits per heavy atom. The molecule has 3 aromatic rings. The molecule has 0 spiro atoms. The number of carbonyl (C=O) groups excluding carboxylic acids is 2. The van der Waals surface area contributed by atoms with Crippen molar-refractivity contribution < 1.29 is 27.1 Å². The minimum absolute atomic E-state index is 0.00453. The molecule has 0 aliphatic rings. The molecule has 1 N–H and O–H groups in total. The van der Waals surface area contributed by atoms with Gasteiger partial charge in [0.25, 0.3) is 0 Å². The third-order valence-electron chi connectivity index (χ3n) is 6.21. The van der Waals surface area contributed by atoms with Crippen molar-refractivity contribution in [3.63, 3.8) is 0 Å². The van der Waals surface area contributed by atoms with Crippen LogP contribution in [0, 0.1) is 5.82 Å². The van der Waals surface area contributed by atoms with Gasteiger partial charge in [-0.2, -0.15) is 4.31 Å². The van der Waals surface area contributed by atoms with Crippen molar-refractivity contribution >= 4 is 21.8 Å². The lowest BCUT2D eigenvalue weighted by Crippen LogP contribution is -2.48. The van der Waals surface area contributed by atoms with E-state index in [1.165, 1.54) is 29.2 Å². The maximum atomic E-state index is 13.9. The Balaban J connectivity index is 1.96. The van der Waals surface area contributed by atoms with Gasteiger partial charge in [0.2, 0.25) is 21.8 Å². The van der Waals surface area contributed by atoms with Crippen molar-refractivity contribution in [2.45, 2.75) is 32.5 Å². The summed E-state index contributed by atoms with van der Waals surface area (Å²) >= 11 is 0. The third-order valence-corrected chi connectivity index (χ3v) is 7.41. The number of halogens is 1. The largest absolute Gasteiger partial charge is 0.382 e. The molecular weight excluding hydrogens is 533 g/mol. The molecule has 214 valence electrons. The molecule has 3 aromatic carbocycles. The van der Waals surface area contributed by atoms with Crippen LogP contribution in [0.4, 0.5) is 4.39 Å². The van der Waals surface area contributed by atoms with E-state index in [1.807, 2.05) is 13.0 Å². The Hall–Kier alpha value is -3.60. The minimum Gasteiger partial charge on any atom is -0.382 e. The lowest BCUT2D eigenvalue weighted by Gasteiger charge is -2.33. The first kappa shape index (κ1) is 30.9. The van der Waals surface area contributed by atoms with Gasteiger partial charge in [-0.3, -0.25) is 9.59 Å². The fraction of sp³-hybridized carbons (Fsp3) is 0.333. The highest BCUT2D eigenvalue weighted by molar-refractivity contribution is 7.88. The summed E-state index contributed by atoms with van der Waals surface area (Å²) < 4.78 is 45.5. The number of rotatable bonds is 15. The Morgan fingerprint density at radius 2 is 1.50 bits per heavy atom. The zero-order valence-corrected chi connectivity index (χ0v) is 23.6. The quantitative estimate of drug-likeness (QED) is 0.280. The van der Waals surface area contributed by atoms with Gasteiger partial charge in [0.05, 0.1) is 12.8 Å². The summed E-state index contributed by atoms with van der Waals surface area (Å²) in [5, 5.41) is 2.89. The highest BCUT2D eigenvalue weighted by Crippen LogP contribution is 2.25. The van der Waals surface area contributed by atoms with Gasteiger partial charge < -0.3 is 15.0 Å². The maximum Gasteiger partial charge on any atom is 0.247 e. The topological polar surface area (TPSA) is 96.0 Å². The van der Waals surface area contributed by atoms with Gasteiger partial charge in [-0.05, 0) is 42.2 Å². The molecule has 0 aromatic heterocycles. The van der Waals surface area contributed by atoms with E-state index in [4.69, 9.17) is 4.74 Å². The molecule has 0 fully saturated rings. The number of amides is 2. The van der Waals surface area contributed by atoms with E-state index in [1.54, 1.807) is 54.6 Å². The van der Waals surface area contributed by atoms with E-state index in [2.05, 4.69) is 5.32 Å². The Morgan fingerprint density at radius 3 is 2.10 bits per heavy atom. The predicted octanol–water partition coefficient (Wildman–Crippen LogP) is 3.90. The van der Waals surface area contributed by atoms with Gasteiger partial charge in [-0.1, -0.05) is 72.8 Å². The van der Waals surface area contributed by atoms with Crippen LogP contribution < -0.4 is 5.32 Å². The highest BCUT2D eigenvalue weighted by atomic mass is 32.2. The average Bonchev–Trinajstić information content (AvgIpc) is 2.94. The number of hydrogen-bond donors (Lipinski definition) is 1. The smallest absolute Gasteiger partial charge is 0.247 e. The fourth-order valence-electron chi connectivity index (χ4n) is 4.16. The first-order chi connectivity index (χ1) is 19.2. The van der Waals surface area contributed by atoms with E-state index in [0.717, 1.165) is 16.1 Å². The molecule has 2 amide bonds. The summed E-state index contributed by atoms with van der Waals surface area (Å²) in [6, 6.07) is 22.4. The van der Waals surface area contributed by atoms with Crippen molar-refractivity contribution in [2.75, 3.05) is 32.6 Å². The maximum absolute atomic E-state index is 13.9. The first-order valence-corrected chi connectivity index (χ1v) is 15.0. The zero-order valence-electron chi connectivity index (χ0n) is 22.8. The normalized spacial score (nSPS) is 12.2. The van der Waals surface area contributed by atoms with Crippen molar-refractivity contribution in [2.24, 2.45) is 0 Å². The van der Waals surface area contributed by atoms with Crippen LogP contribution in [-0.4, -0.2) is 62.0 Å². The van der Waals surface area contributed by atoms with Crippen molar-refractivity contribution in [3.8, 4) is 0 Å². The van der Waals surface area contributed by atoms with Gasteiger partial charge in [-0.25, -0.2) is 12.8 Å². The van der Waals surface area contributed by atoms with Gasteiger partial charge in [-0.15, -0.1) is 0 Å².